The second kappa shape index (κ2) is 4.56. The van der Waals surface area contributed by atoms with Gasteiger partial charge >= 0.3 is 0 Å². The lowest BCUT2D eigenvalue weighted by Gasteiger charge is -2.03. The van der Waals surface area contributed by atoms with E-state index in [2.05, 4.69) is 37.0 Å². The van der Waals surface area contributed by atoms with Crippen LogP contribution in [-0.2, 0) is 0 Å². The summed E-state index contributed by atoms with van der Waals surface area (Å²) in [6.45, 7) is 0. The molecule has 0 atom stereocenters. The first kappa shape index (κ1) is 11.2. The Kier molecular flexibility index (Phi) is 3.65. The van der Waals surface area contributed by atoms with Crippen LogP contribution in [-0.4, -0.2) is 9.39 Å². The van der Waals surface area contributed by atoms with Crippen LogP contribution in [0, 0.1) is 5.53 Å². The lowest BCUT2D eigenvalue weighted by molar-refractivity contribution is 0.106. The highest BCUT2D eigenvalue weighted by molar-refractivity contribution is 9.18. The molecule has 1 aromatic rings. The molecule has 0 heterocycles. The van der Waals surface area contributed by atoms with Crippen LogP contribution in [0.25, 0.3) is 0 Å². The van der Waals surface area contributed by atoms with Crippen LogP contribution in [0.1, 0.15) is 20.7 Å². The molecule has 0 spiro atoms. The molecule has 0 saturated heterocycles. The van der Waals surface area contributed by atoms with E-state index >= 15 is 0 Å². The Morgan fingerprint density at radius 3 is 2.29 bits per heavy atom. The van der Waals surface area contributed by atoms with Gasteiger partial charge in [-0.1, -0.05) is 6.07 Å². The van der Waals surface area contributed by atoms with Gasteiger partial charge in [-0.2, -0.15) is 5.11 Å². The van der Waals surface area contributed by atoms with Crippen molar-refractivity contribution in [2.45, 2.75) is 0 Å². The van der Waals surface area contributed by atoms with Gasteiger partial charge in [0.1, 0.15) is 0 Å². The molecular weight excluding hydrogens is 316 g/mol. The van der Waals surface area contributed by atoms with Gasteiger partial charge < -0.3 is 0 Å². The second-order valence-electron chi connectivity index (χ2n) is 2.36. The fourth-order valence-corrected chi connectivity index (χ4v) is 1.75. The van der Waals surface area contributed by atoms with E-state index in [0.29, 0.717) is 0 Å². The molecule has 0 unspecified atom stereocenters. The van der Waals surface area contributed by atoms with Crippen molar-refractivity contribution in [1.82, 2.24) is 0 Å². The summed E-state index contributed by atoms with van der Waals surface area (Å²) in [6.07, 6.45) is 0. The summed E-state index contributed by atoms with van der Waals surface area (Å²) in [5.41, 5.74) is 7.30. The smallest absolute Gasteiger partial charge is 0.231 e. The van der Waals surface area contributed by atoms with Crippen molar-refractivity contribution < 1.29 is 9.59 Å². The maximum Gasteiger partial charge on any atom is 0.231 e. The summed E-state index contributed by atoms with van der Waals surface area (Å²) in [5, 5.41) is 3.16. The highest BCUT2D eigenvalue weighted by atomic mass is 79.9. The van der Waals surface area contributed by atoms with Crippen molar-refractivity contribution in [3.63, 3.8) is 0 Å². The van der Waals surface area contributed by atoms with Crippen LogP contribution in [0.2, 0.25) is 0 Å². The van der Waals surface area contributed by atoms with Gasteiger partial charge in [0.25, 0.3) is 0 Å². The fraction of sp³-hybridized carbons (Fsp3) is 0. The van der Waals surface area contributed by atoms with Crippen LogP contribution in [0.3, 0.4) is 0 Å². The van der Waals surface area contributed by atoms with Gasteiger partial charge in [0.15, 0.2) is 0 Å². The molecule has 14 heavy (non-hydrogen) atoms. The average Bonchev–Trinajstić information content (AvgIpc) is 2.16. The third kappa shape index (κ3) is 2.13. The second-order valence-corrected chi connectivity index (χ2v) is 3.80. The molecule has 1 N–H and O–H groups in total. The molecule has 0 fully saturated rings. The first-order valence-corrected chi connectivity index (χ1v) is 5.06. The number of carbonyl (C=O) groups is 2. The summed E-state index contributed by atoms with van der Waals surface area (Å²) in [6, 6.07) is 4.53. The molecule has 0 aliphatic heterocycles. The lowest BCUT2D eigenvalue weighted by Crippen LogP contribution is -2.00. The van der Waals surface area contributed by atoms with Gasteiger partial charge in [-0.05, 0) is 44.0 Å². The third-order valence-electron chi connectivity index (χ3n) is 1.57. The monoisotopic (exact) mass is 318 g/mol. The minimum Gasteiger partial charge on any atom is -0.281 e. The van der Waals surface area contributed by atoms with Crippen LogP contribution in [0.4, 0.5) is 5.69 Å². The van der Waals surface area contributed by atoms with Gasteiger partial charge in [0.05, 0.1) is 11.3 Å². The number of rotatable bonds is 3. The molecule has 0 saturated carbocycles. The lowest BCUT2D eigenvalue weighted by atomic mass is 10.1. The van der Waals surface area contributed by atoms with Crippen LogP contribution in [0.15, 0.2) is 23.3 Å². The van der Waals surface area contributed by atoms with E-state index in [1.54, 1.807) is 6.07 Å². The minimum absolute atomic E-state index is 0.101. The third-order valence-corrected chi connectivity index (χ3v) is 2.39. The molecular formula is C8H4Br2N2O2. The van der Waals surface area contributed by atoms with Crippen molar-refractivity contribution in [3.05, 3.63) is 29.3 Å². The number of benzene rings is 1. The summed E-state index contributed by atoms with van der Waals surface area (Å²) >= 11 is 5.49. The van der Waals surface area contributed by atoms with E-state index in [1.807, 2.05) is 0 Å². The van der Waals surface area contributed by atoms with Crippen molar-refractivity contribution in [2.24, 2.45) is 5.11 Å². The van der Waals surface area contributed by atoms with Crippen molar-refractivity contribution in [2.75, 3.05) is 0 Å². The number of nitrogens with one attached hydrogen (secondary N) is 1. The highest BCUT2D eigenvalue weighted by Crippen LogP contribution is 2.26. The molecule has 0 aliphatic rings. The first-order valence-electron chi connectivity index (χ1n) is 3.48. The zero-order chi connectivity index (χ0) is 10.7. The van der Waals surface area contributed by atoms with Crippen molar-refractivity contribution >= 4 is 46.9 Å². The van der Waals surface area contributed by atoms with E-state index in [4.69, 9.17) is 5.53 Å². The molecule has 0 radical (unpaired) electrons. The zero-order valence-electron chi connectivity index (χ0n) is 6.75. The van der Waals surface area contributed by atoms with Crippen molar-refractivity contribution in [1.29, 1.82) is 5.53 Å². The Morgan fingerprint density at radius 1 is 1.21 bits per heavy atom. The molecule has 1 aromatic carbocycles. The van der Waals surface area contributed by atoms with Gasteiger partial charge in [0.2, 0.25) is 9.39 Å². The Balaban J connectivity index is 3.51. The molecule has 0 amide bonds. The van der Waals surface area contributed by atoms with Gasteiger partial charge in [-0.3, -0.25) is 9.59 Å². The number of halogens is 2. The number of carbonyl (C=O) groups excluding carboxylic acids is 2. The average molecular weight is 320 g/mol. The standard InChI is InChI=1S/C8H4Br2N2O2/c9-7(13)4-2-1-3-5(12-11)6(4)8(10)14/h1-3,11H. The largest absolute Gasteiger partial charge is 0.281 e. The highest BCUT2D eigenvalue weighted by Gasteiger charge is 2.17. The quantitative estimate of drug-likeness (QED) is 0.685. The Labute approximate surface area is 96.5 Å². The molecule has 0 bridgehead atoms. The van der Waals surface area contributed by atoms with E-state index in [-0.39, 0.29) is 16.8 Å². The van der Waals surface area contributed by atoms with Gasteiger partial charge in [-0.15, -0.1) is 0 Å². The van der Waals surface area contributed by atoms with E-state index in [0.717, 1.165) is 0 Å². The molecule has 0 aliphatic carbocycles. The molecule has 0 aromatic heterocycles. The predicted molar refractivity (Wildman–Crippen MR) is 57.8 cm³/mol. The summed E-state index contributed by atoms with van der Waals surface area (Å²) in [5.74, 6) is 0. The fourth-order valence-electron chi connectivity index (χ4n) is 1.00. The van der Waals surface area contributed by atoms with Gasteiger partial charge in [-0.25, -0.2) is 5.53 Å². The Morgan fingerprint density at radius 2 is 1.86 bits per heavy atom. The summed E-state index contributed by atoms with van der Waals surface area (Å²) in [4.78, 5) is 22.2. The topological polar surface area (TPSA) is 70.3 Å². The maximum absolute atomic E-state index is 11.2. The van der Waals surface area contributed by atoms with E-state index in [9.17, 15) is 9.59 Å². The Hall–Kier alpha value is -0.880. The van der Waals surface area contributed by atoms with Crippen LogP contribution < -0.4 is 0 Å². The molecule has 4 nitrogen and oxygen atoms in total. The predicted octanol–water partition coefficient (Wildman–Crippen LogP) is 3.42. The Bertz CT molecular complexity index is 418. The van der Waals surface area contributed by atoms with Crippen LogP contribution in [0.5, 0.6) is 0 Å². The SMILES string of the molecule is N=Nc1cccc(C(=O)Br)c1C(=O)Br. The van der Waals surface area contributed by atoms with Crippen molar-refractivity contribution in [3.8, 4) is 0 Å². The van der Waals surface area contributed by atoms with Gasteiger partial charge in [0, 0.05) is 5.56 Å². The first-order chi connectivity index (χ1) is 6.57. The maximum atomic E-state index is 11.2. The summed E-state index contributed by atoms with van der Waals surface area (Å²) in [7, 11) is 0. The molecule has 6 heteroatoms. The normalized spacial score (nSPS) is 9.57. The molecule has 72 valence electrons. The van der Waals surface area contributed by atoms with E-state index in [1.165, 1.54) is 12.1 Å². The molecule has 1 rings (SSSR count). The minimum atomic E-state index is -0.466. The van der Waals surface area contributed by atoms with E-state index < -0.39 is 9.39 Å². The number of hydrogen-bond acceptors (Lipinski definition) is 4. The van der Waals surface area contributed by atoms with Crippen LogP contribution >= 0.6 is 31.9 Å². The summed E-state index contributed by atoms with van der Waals surface area (Å²) < 4.78 is -0.877. The zero-order valence-corrected chi connectivity index (χ0v) is 9.92. The number of hydrogen-bond donors (Lipinski definition) is 1. The number of nitrogens with zero attached hydrogens (tertiary/aromatic N) is 1.